The van der Waals surface area contributed by atoms with Crippen molar-refractivity contribution in [2.45, 2.75) is 6.61 Å². The van der Waals surface area contributed by atoms with Gasteiger partial charge in [-0.05, 0) is 30.3 Å². The molecule has 0 atom stereocenters. The summed E-state index contributed by atoms with van der Waals surface area (Å²) < 4.78 is 11.8. The van der Waals surface area contributed by atoms with E-state index in [0.717, 1.165) is 15.8 Å². The second kappa shape index (κ2) is 5.78. The van der Waals surface area contributed by atoms with E-state index in [1.165, 1.54) is 0 Å². The first-order valence-electron chi connectivity index (χ1n) is 5.43. The zero-order valence-electron chi connectivity index (χ0n) is 9.89. The third-order valence-electron chi connectivity index (χ3n) is 2.46. The van der Waals surface area contributed by atoms with Crippen molar-refractivity contribution in [2.75, 3.05) is 7.11 Å². The maximum Gasteiger partial charge on any atom is 0.129 e. The van der Waals surface area contributed by atoms with Crippen LogP contribution in [0.15, 0.2) is 46.9 Å². The number of phenols is 1. The minimum absolute atomic E-state index is 0.179. The molecule has 0 aromatic heterocycles. The lowest BCUT2D eigenvalue weighted by atomic mass is 10.2. The van der Waals surface area contributed by atoms with Gasteiger partial charge in [-0.3, -0.25) is 0 Å². The van der Waals surface area contributed by atoms with E-state index >= 15 is 0 Å². The Balaban J connectivity index is 2.10. The summed E-state index contributed by atoms with van der Waals surface area (Å²) in [7, 11) is 1.57. The largest absolute Gasteiger partial charge is 0.508 e. The summed E-state index contributed by atoms with van der Waals surface area (Å²) in [6, 6.07) is 12.6. The van der Waals surface area contributed by atoms with Gasteiger partial charge in [0.15, 0.2) is 0 Å². The van der Waals surface area contributed by atoms with Gasteiger partial charge in [0.1, 0.15) is 23.9 Å². The van der Waals surface area contributed by atoms with Gasteiger partial charge in [-0.1, -0.05) is 22.0 Å². The molecule has 0 saturated heterocycles. The predicted octanol–water partition coefficient (Wildman–Crippen LogP) is 3.74. The second-order valence-electron chi connectivity index (χ2n) is 3.74. The average molecular weight is 309 g/mol. The van der Waals surface area contributed by atoms with Gasteiger partial charge in [0.05, 0.1) is 7.11 Å². The predicted molar refractivity (Wildman–Crippen MR) is 73.1 cm³/mol. The molecule has 2 aromatic carbocycles. The lowest BCUT2D eigenvalue weighted by molar-refractivity contribution is 0.296. The number of ether oxygens (including phenoxy) is 2. The molecular weight excluding hydrogens is 296 g/mol. The maximum atomic E-state index is 9.36. The highest BCUT2D eigenvalue weighted by Gasteiger charge is 2.05. The first-order valence-corrected chi connectivity index (χ1v) is 6.22. The van der Waals surface area contributed by atoms with Crippen molar-refractivity contribution >= 4 is 15.9 Å². The molecule has 0 amide bonds. The van der Waals surface area contributed by atoms with E-state index in [1.54, 1.807) is 25.3 Å². The Bertz CT molecular complexity index is 540. The monoisotopic (exact) mass is 308 g/mol. The van der Waals surface area contributed by atoms with Gasteiger partial charge in [-0.2, -0.15) is 0 Å². The summed E-state index contributed by atoms with van der Waals surface area (Å²) in [5.41, 5.74) is 0.885. The van der Waals surface area contributed by atoms with Crippen molar-refractivity contribution in [1.29, 1.82) is 0 Å². The number of benzene rings is 2. The molecule has 0 aliphatic carbocycles. The average Bonchev–Trinajstić information content (AvgIpc) is 2.37. The minimum Gasteiger partial charge on any atom is -0.508 e. The van der Waals surface area contributed by atoms with Gasteiger partial charge in [0.2, 0.25) is 0 Å². The highest BCUT2D eigenvalue weighted by atomic mass is 79.9. The summed E-state index contributed by atoms with van der Waals surface area (Å²) in [4.78, 5) is 0. The van der Waals surface area contributed by atoms with Crippen LogP contribution in [0.1, 0.15) is 5.56 Å². The van der Waals surface area contributed by atoms with Crippen LogP contribution in [-0.4, -0.2) is 12.2 Å². The lowest BCUT2D eigenvalue weighted by Gasteiger charge is -2.10. The molecule has 18 heavy (non-hydrogen) atoms. The number of halogens is 1. The molecule has 0 aliphatic rings. The van der Waals surface area contributed by atoms with Gasteiger partial charge < -0.3 is 14.6 Å². The smallest absolute Gasteiger partial charge is 0.129 e. The fourth-order valence-corrected chi connectivity index (χ4v) is 1.95. The molecule has 0 bridgehead atoms. The minimum atomic E-state index is 0.179. The van der Waals surface area contributed by atoms with Crippen LogP contribution in [0.5, 0.6) is 17.2 Å². The summed E-state index contributed by atoms with van der Waals surface area (Å²) in [6.45, 7) is 0.389. The van der Waals surface area contributed by atoms with Crippen molar-refractivity contribution in [3.63, 3.8) is 0 Å². The van der Waals surface area contributed by atoms with E-state index in [9.17, 15) is 5.11 Å². The van der Waals surface area contributed by atoms with Crippen molar-refractivity contribution < 1.29 is 14.6 Å². The van der Waals surface area contributed by atoms with Crippen LogP contribution in [0, 0.1) is 0 Å². The fraction of sp³-hybridized carbons (Fsp3) is 0.143. The van der Waals surface area contributed by atoms with Crippen molar-refractivity contribution in [3.8, 4) is 17.2 Å². The Labute approximate surface area is 114 Å². The number of methoxy groups -OCH3 is 1. The third kappa shape index (κ3) is 3.17. The van der Waals surface area contributed by atoms with Crippen LogP contribution in [0.3, 0.4) is 0 Å². The Kier molecular flexibility index (Phi) is 4.10. The van der Waals surface area contributed by atoms with E-state index in [0.29, 0.717) is 12.4 Å². The topological polar surface area (TPSA) is 38.7 Å². The number of rotatable bonds is 4. The first-order chi connectivity index (χ1) is 8.69. The number of phenolic OH excluding ortho intramolecular Hbond substituents is 1. The van der Waals surface area contributed by atoms with Gasteiger partial charge >= 0.3 is 0 Å². The zero-order chi connectivity index (χ0) is 13.0. The van der Waals surface area contributed by atoms with Crippen molar-refractivity contribution in [3.05, 3.63) is 52.5 Å². The zero-order valence-corrected chi connectivity index (χ0v) is 11.5. The quantitative estimate of drug-likeness (QED) is 0.935. The molecule has 1 N–H and O–H groups in total. The molecule has 0 fully saturated rings. The molecule has 2 aromatic rings. The van der Waals surface area contributed by atoms with Gasteiger partial charge in [-0.25, -0.2) is 0 Å². The van der Waals surface area contributed by atoms with Crippen LogP contribution in [0.2, 0.25) is 0 Å². The maximum absolute atomic E-state index is 9.36. The number of hydrogen-bond acceptors (Lipinski definition) is 3. The summed E-state index contributed by atoms with van der Waals surface area (Å²) in [6.07, 6.45) is 0. The SMILES string of the molecule is COc1cc(O)ccc1COc1cccc(Br)c1. The second-order valence-corrected chi connectivity index (χ2v) is 4.66. The van der Waals surface area contributed by atoms with Crippen LogP contribution in [-0.2, 0) is 6.61 Å². The fourth-order valence-electron chi connectivity index (χ4n) is 1.57. The summed E-state index contributed by atoms with van der Waals surface area (Å²) >= 11 is 3.39. The molecule has 0 saturated carbocycles. The van der Waals surface area contributed by atoms with E-state index in [-0.39, 0.29) is 5.75 Å². The first kappa shape index (κ1) is 12.8. The molecule has 4 heteroatoms. The Hall–Kier alpha value is -1.68. The van der Waals surface area contributed by atoms with Crippen LogP contribution >= 0.6 is 15.9 Å². The molecule has 94 valence electrons. The van der Waals surface area contributed by atoms with E-state index < -0.39 is 0 Å². The van der Waals surface area contributed by atoms with Gasteiger partial charge in [0.25, 0.3) is 0 Å². The molecule has 2 rings (SSSR count). The van der Waals surface area contributed by atoms with Crippen molar-refractivity contribution in [2.24, 2.45) is 0 Å². The van der Waals surface area contributed by atoms with E-state index in [1.807, 2.05) is 24.3 Å². The van der Waals surface area contributed by atoms with Crippen LogP contribution < -0.4 is 9.47 Å². The third-order valence-corrected chi connectivity index (χ3v) is 2.95. The summed E-state index contributed by atoms with van der Waals surface area (Å²) in [5, 5.41) is 9.36. The molecule has 0 radical (unpaired) electrons. The molecule has 0 heterocycles. The lowest BCUT2D eigenvalue weighted by Crippen LogP contribution is -1.98. The molecule has 0 unspecified atom stereocenters. The Morgan fingerprint density at radius 1 is 1.17 bits per heavy atom. The van der Waals surface area contributed by atoms with Crippen LogP contribution in [0.25, 0.3) is 0 Å². The molecular formula is C14H13BrO3. The van der Waals surface area contributed by atoms with Crippen LogP contribution in [0.4, 0.5) is 0 Å². The standard InChI is InChI=1S/C14H13BrO3/c1-17-14-8-12(16)6-5-10(14)9-18-13-4-2-3-11(15)7-13/h2-8,16H,9H2,1H3. The molecule has 0 spiro atoms. The van der Waals surface area contributed by atoms with Crippen molar-refractivity contribution in [1.82, 2.24) is 0 Å². The highest BCUT2D eigenvalue weighted by Crippen LogP contribution is 2.25. The number of aromatic hydroxyl groups is 1. The molecule has 3 nitrogen and oxygen atoms in total. The Morgan fingerprint density at radius 2 is 2.00 bits per heavy atom. The normalized spacial score (nSPS) is 10.1. The summed E-state index contributed by atoms with van der Waals surface area (Å²) in [5.74, 6) is 1.57. The highest BCUT2D eigenvalue weighted by molar-refractivity contribution is 9.10. The van der Waals surface area contributed by atoms with Gasteiger partial charge in [-0.15, -0.1) is 0 Å². The number of hydrogen-bond donors (Lipinski definition) is 1. The van der Waals surface area contributed by atoms with Gasteiger partial charge in [0, 0.05) is 16.1 Å². The van der Waals surface area contributed by atoms with E-state index in [2.05, 4.69) is 15.9 Å². The Morgan fingerprint density at radius 3 is 2.72 bits per heavy atom. The van der Waals surface area contributed by atoms with E-state index in [4.69, 9.17) is 9.47 Å². The molecule has 0 aliphatic heterocycles.